The number of aromatic nitrogens is 1. The van der Waals surface area contributed by atoms with E-state index in [-0.39, 0.29) is 30.4 Å². The van der Waals surface area contributed by atoms with Gasteiger partial charge in [0, 0.05) is 45.6 Å². The third kappa shape index (κ3) is 3.44. The van der Waals surface area contributed by atoms with Crippen LogP contribution in [0.5, 0.6) is 0 Å². The number of carbonyl (C=O) groups excluding carboxylic acids is 2. The van der Waals surface area contributed by atoms with E-state index in [1.807, 2.05) is 0 Å². The predicted octanol–water partition coefficient (Wildman–Crippen LogP) is 0.143. The number of hydrogen-bond donors (Lipinski definition) is 1. The van der Waals surface area contributed by atoms with Gasteiger partial charge >= 0.3 is 0 Å². The third-order valence-electron chi connectivity index (χ3n) is 4.37. The summed E-state index contributed by atoms with van der Waals surface area (Å²) in [5.74, 6) is -0.369. The molecule has 7 nitrogen and oxygen atoms in total. The van der Waals surface area contributed by atoms with E-state index in [0.29, 0.717) is 18.5 Å². The van der Waals surface area contributed by atoms with Crippen molar-refractivity contribution in [3.05, 3.63) is 34.2 Å². The SMILES string of the molecule is CNC(=O)C[C@]1(COC)CCCN1C(=O)c1ccn(C)c(=O)c1. The number of methoxy groups -OCH3 is 1. The van der Waals surface area contributed by atoms with Crippen LogP contribution in [0, 0.1) is 0 Å². The lowest BCUT2D eigenvalue weighted by atomic mass is 9.91. The molecule has 2 rings (SSSR count). The Kier molecular flexibility index (Phi) is 5.20. The first-order valence-corrected chi connectivity index (χ1v) is 7.62. The number of carbonyl (C=O) groups is 2. The quantitative estimate of drug-likeness (QED) is 0.837. The molecule has 7 heteroatoms. The summed E-state index contributed by atoms with van der Waals surface area (Å²) in [6.45, 7) is 0.839. The smallest absolute Gasteiger partial charge is 0.254 e. The Hall–Kier alpha value is -2.15. The minimum atomic E-state index is -0.660. The lowest BCUT2D eigenvalue weighted by molar-refractivity contribution is -0.123. The van der Waals surface area contributed by atoms with Gasteiger partial charge in [-0.2, -0.15) is 0 Å². The summed E-state index contributed by atoms with van der Waals surface area (Å²) in [4.78, 5) is 38.2. The first-order chi connectivity index (χ1) is 10.9. The van der Waals surface area contributed by atoms with Crippen LogP contribution >= 0.6 is 0 Å². The van der Waals surface area contributed by atoms with Crippen molar-refractivity contribution in [3.63, 3.8) is 0 Å². The minimum Gasteiger partial charge on any atom is -0.382 e. The van der Waals surface area contributed by atoms with E-state index < -0.39 is 5.54 Å². The summed E-state index contributed by atoms with van der Waals surface area (Å²) in [5.41, 5.74) is -0.557. The summed E-state index contributed by atoms with van der Waals surface area (Å²) >= 11 is 0. The van der Waals surface area contributed by atoms with Gasteiger partial charge in [-0.3, -0.25) is 14.4 Å². The maximum Gasteiger partial charge on any atom is 0.254 e. The topological polar surface area (TPSA) is 80.6 Å². The van der Waals surface area contributed by atoms with E-state index in [1.165, 1.54) is 10.6 Å². The summed E-state index contributed by atoms with van der Waals surface area (Å²) in [6, 6.07) is 2.96. The maximum absolute atomic E-state index is 12.9. The lowest BCUT2D eigenvalue weighted by Gasteiger charge is -2.37. The van der Waals surface area contributed by atoms with Crippen LogP contribution in [0.15, 0.2) is 23.1 Å². The van der Waals surface area contributed by atoms with Gasteiger partial charge in [0.05, 0.1) is 18.6 Å². The van der Waals surface area contributed by atoms with Gasteiger partial charge in [0.2, 0.25) is 5.91 Å². The standard InChI is InChI=1S/C16H23N3O4/c1-17-13(20)10-16(11-23-3)6-4-7-19(16)15(22)12-5-8-18(2)14(21)9-12/h5,8-9H,4,6-7,10-11H2,1-3H3,(H,17,20)/t16-/m0/s1. The zero-order chi connectivity index (χ0) is 17.0. The van der Waals surface area contributed by atoms with Gasteiger partial charge in [-0.15, -0.1) is 0 Å². The van der Waals surface area contributed by atoms with Crippen molar-refractivity contribution in [2.75, 3.05) is 27.3 Å². The van der Waals surface area contributed by atoms with E-state index in [9.17, 15) is 14.4 Å². The molecule has 2 amide bonds. The fourth-order valence-electron chi connectivity index (χ4n) is 3.13. The highest BCUT2D eigenvalue weighted by molar-refractivity contribution is 5.95. The molecule has 2 heterocycles. The Balaban J connectivity index is 2.33. The zero-order valence-electron chi connectivity index (χ0n) is 13.8. The summed E-state index contributed by atoms with van der Waals surface area (Å²) in [5, 5.41) is 2.61. The predicted molar refractivity (Wildman–Crippen MR) is 85.2 cm³/mol. The van der Waals surface area contributed by atoms with Crippen molar-refractivity contribution >= 4 is 11.8 Å². The molecule has 0 spiro atoms. The van der Waals surface area contributed by atoms with Crippen molar-refractivity contribution in [1.29, 1.82) is 0 Å². The van der Waals surface area contributed by atoms with Gasteiger partial charge in [-0.25, -0.2) is 0 Å². The molecule has 0 unspecified atom stereocenters. The minimum absolute atomic E-state index is 0.134. The molecule has 1 aliphatic rings. The fraction of sp³-hybridized carbons (Fsp3) is 0.562. The number of pyridine rings is 1. The van der Waals surface area contributed by atoms with Gasteiger partial charge in [-0.05, 0) is 18.9 Å². The fourth-order valence-corrected chi connectivity index (χ4v) is 3.13. The Morgan fingerprint density at radius 2 is 2.17 bits per heavy atom. The average Bonchev–Trinajstić information content (AvgIpc) is 2.92. The maximum atomic E-state index is 12.9. The van der Waals surface area contributed by atoms with Crippen LogP contribution in [0.3, 0.4) is 0 Å². The second kappa shape index (κ2) is 6.95. The van der Waals surface area contributed by atoms with Crippen molar-refractivity contribution in [3.8, 4) is 0 Å². The van der Waals surface area contributed by atoms with Gasteiger partial charge in [-0.1, -0.05) is 0 Å². The Morgan fingerprint density at radius 1 is 1.43 bits per heavy atom. The van der Waals surface area contributed by atoms with Crippen LogP contribution < -0.4 is 10.9 Å². The number of amides is 2. The van der Waals surface area contributed by atoms with Crippen LogP contribution in [-0.2, 0) is 16.6 Å². The number of ether oxygens (including phenoxy) is 1. The number of hydrogen-bond acceptors (Lipinski definition) is 4. The molecule has 1 fully saturated rings. The number of nitrogens with zero attached hydrogens (tertiary/aromatic N) is 2. The Labute approximate surface area is 135 Å². The molecule has 1 saturated heterocycles. The van der Waals surface area contributed by atoms with Crippen LogP contribution in [0.2, 0.25) is 0 Å². The average molecular weight is 321 g/mol. The van der Waals surface area contributed by atoms with Crippen LogP contribution in [0.25, 0.3) is 0 Å². The molecule has 1 aromatic rings. The van der Waals surface area contributed by atoms with E-state index in [4.69, 9.17) is 4.74 Å². The first-order valence-electron chi connectivity index (χ1n) is 7.62. The van der Waals surface area contributed by atoms with E-state index in [0.717, 1.165) is 6.42 Å². The van der Waals surface area contributed by atoms with E-state index >= 15 is 0 Å². The summed E-state index contributed by atoms with van der Waals surface area (Å²) < 4.78 is 6.70. The van der Waals surface area contributed by atoms with Gasteiger partial charge in [0.15, 0.2) is 0 Å². The number of nitrogens with one attached hydrogen (secondary N) is 1. The number of likely N-dealkylation sites (tertiary alicyclic amines) is 1. The second-order valence-electron chi connectivity index (χ2n) is 5.93. The summed E-state index contributed by atoms with van der Waals surface area (Å²) in [7, 11) is 4.77. The molecule has 0 saturated carbocycles. The zero-order valence-corrected chi connectivity index (χ0v) is 13.8. The van der Waals surface area contributed by atoms with Crippen molar-refractivity contribution in [2.45, 2.75) is 24.8 Å². The molecule has 0 radical (unpaired) electrons. The number of aryl methyl sites for hydroxylation is 1. The van der Waals surface area contributed by atoms with Crippen LogP contribution in [0.4, 0.5) is 0 Å². The highest BCUT2D eigenvalue weighted by atomic mass is 16.5. The molecule has 23 heavy (non-hydrogen) atoms. The second-order valence-corrected chi connectivity index (χ2v) is 5.93. The van der Waals surface area contributed by atoms with Crippen LogP contribution in [0.1, 0.15) is 29.6 Å². The summed E-state index contributed by atoms with van der Waals surface area (Å²) in [6.07, 6.45) is 3.26. The van der Waals surface area contributed by atoms with Crippen molar-refractivity contribution < 1.29 is 14.3 Å². The normalized spacial score (nSPS) is 20.6. The van der Waals surface area contributed by atoms with E-state index in [1.54, 1.807) is 38.4 Å². The Morgan fingerprint density at radius 3 is 2.78 bits per heavy atom. The number of rotatable bonds is 5. The molecule has 1 N–H and O–H groups in total. The third-order valence-corrected chi connectivity index (χ3v) is 4.37. The molecule has 1 atom stereocenters. The van der Waals surface area contributed by atoms with Crippen molar-refractivity contribution in [2.24, 2.45) is 7.05 Å². The molecule has 1 aromatic heterocycles. The van der Waals surface area contributed by atoms with Gasteiger partial charge < -0.3 is 19.5 Å². The van der Waals surface area contributed by atoms with E-state index in [2.05, 4.69) is 5.32 Å². The molecule has 126 valence electrons. The molecule has 1 aliphatic heterocycles. The highest BCUT2D eigenvalue weighted by Crippen LogP contribution is 2.34. The molecule has 0 aromatic carbocycles. The van der Waals surface area contributed by atoms with Gasteiger partial charge in [0.1, 0.15) is 0 Å². The molecular weight excluding hydrogens is 298 g/mol. The highest BCUT2D eigenvalue weighted by Gasteiger charge is 2.45. The van der Waals surface area contributed by atoms with Gasteiger partial charge in [0.25, 0.3) is 11.5 Å². The largest absolute Gasteiger partial charge is 0.382 e. The molecule has 0 aliphatic carbocycles. The monoisotopic (exact) mass is 321 g/mol. The van der Waals surface area contributed by atoms with Crippen molar-refractivity contribution in [1.82, 2.24) is 14.8 Å². The first kappa shape index (κ1) is 17.2. The molecule has 0 bridgehead atoms. The van der Waals surface area contributed by atoms with Crippen LogP contribution in [-0.4, -0.2) is 54.1 Å². The Bertz CT molecular complexity index is 655. The lowest BCUT2D eigenvalue weighted by Crippen LogP contribution is -2.53. The molecular formula is C16H23N3O4.